The fourth-order valence-corrected chi connectivity index (χ4v) is 4.33. The zero-order valence-electron chi connectivity index (χ0n) is 14.1. The van der Waals surface area contributed by atoms with Crippen LogP contribution in [0.5, 0.6) is 0 Å². The number of anilines is 1. The summed E-state index contributed by atoms with van der Waals surface area (Å²) >= 11 is 0. The van der Waals surface area contributed by atoms with E-state index in [1.165, 1.54) is 0 Å². The van der Waals surface area contributed by atoms with Gasteiger partial charge in [-0.25, -0.2) is 18.4 Å². The molecule has 2 heterocycles. The smallest absolute Gasteiger partial charge is 0.322 e. The van der Waals surface area contributed by atoms with E-state index in [0.717, 1.165) is 11.3 Å². The van der Waals surface area contributed by atoms with Crippen LogP contribution in [0.25, 0.3) is 0 Å². The van der Waals surface area contributed by atoms with Crippen molar-refractivity contribution in [3.63, 3.8) is 0 Å². The molecule has 0 aromatic heterocycles. The maximum Gasteiger partial charge on any atom is 0.322 e. The van der Waals surface area contributed by atoms with Crippen LogP contribution in [0, 0.1) is 12.8 Å². The molecule has 0 bridgehead atoms. The van der Waals surface area contributed by atoms with E-state index < -0.39 is 10.0 Å². The lowest BCUT2D eigenvalue weighted by atomic mass is 10.1. The number of nitrogens with zero attached hydrogens (tertiary/aromatic N) is 2. The van der Waals surface area contributed by atoms with Crippen LogP contribution in [0.1, 0.15) is 22.3 Å². The second-order valence-corrected chi connectivity index (χ2v) is 8.28. The predicted octanol–water partition coefficient (Wildman–Crippen LogP) is 0.275. The van der Waals surface area contributed by atoms with E-state index in [1.807, 2.05) is 13.0 Å². The van der Waals surface area contributed by atoms with Crippen LogP contribution in [0.2, 0.25) is 0 Å². The van der Waals surface area contributed by atoms with Gasteiger partial charge in [-0.05, 0) is 37.0 Å². The third-order valence-corrected chi connectivity index (χ3v) is 5.58. The fraction of sp³-hybridized carbons (Fsp3) is 0.500. The minimum absolute atomic E-state index is 0.107. The molecular formula is C16H22N4O4S. The normalized spacial score (nSPS) is 20.9. The van der Waals surface area contributed by atoms with Gasteiger partial charge in [0.05, 0.1) is 5.75 Å². The van der Waals surface area contributed by atoms with Crippen molar-refractivity contribution in [3.05, 3.63) is 29.3 Å². The Morgan fingerprint density at radius 3 is 2.76 bits per heavy atom. The summed E-state index contributed by atoms with van der Waals surface area (Å²) in [6.07, 6.45) is 0.620. The largest absolute Gasteiger partial charge is 0.338 e. The summed E-state index contributed by atoms with van der Waals surface area (Å²) in [6, 6.07) is 5.13. The highest BCUT2D eigenvalue weighted by molar-refractivity contribution is 7.89. The second-order valence-electron chi connectivity index (χ2n) is 6.62. The molecule has 9 heteroatoms. The lowest BCUT2D eigenvalue weighted by Gasteiger charge is -2.20. The molecule has 0 radical (unpaired) electrons. The molecule has 3 rings (SSSR count). The van der Waals surface area contributed by atoms with Crippen LogP contribution in [-0.2, 0) is 10.0 Å². The molecule has 2 saturated heterocycles. The van der Waals surface area contributed by atoms with Crippen molar-refractivity contribution in [2.75, 3.05) is 36.8 Å². The summed E-state index contributed by atoms with van der Waals surface area (Å²) in [6.45, 7) is 3.93. The van der Waals surface area contributed by atoms with E-state index in [4.69, 9.17) is 5.14 Å². The average molecular weight is 366 g/mol. The van der Waals surface area contributed by atoms with Gasteiger partial charge in [-0.2, -0.15) is 0 Å². The number of primary sulfonamides is 1. The molecule has 3 N–H and O–H groups in total. The zero-order valence-corrected chi connectivity index (χ0v) is 14.9. The van der Waals surface area contributed by atoms with Crippen molar-refractivity contribution in [2.45, 2.75) is 13.3 Å². The van der Waals surface area contributed by atoms with Crippen molar-refractivity contribution < 1.29 is 18.0 Å². The number of hydrogen-bond acceptors (Lipinski definition) is 4. The number of amides is 3. The van der Waals surface area contributed by atoms with E-state index in [0.29, 0.717) is 38.2 Å². The van der Waals surface area contributed by atoms with Gasteiger partial charge >= 0.3 is 6.03 Å². The molecule has 1 atom stereocenters. The maximum absolute atomic E-state index is 12.7. The molecule has 2 aliphatic rings. The Morgan fingerprint density at radius 2 is 2.12 bits per heavy atom. The van der Waals surface area contributed by atoms with Crippen molar-refractivity contribution >= 4 is 27.6 Å². The van der Waals surface area contributed by atoms with E-state index in [-0.39, 0.29) is 23.6 Å². The minimum Gasteiger partial charge on any atom is -0.338 e. The number of nitrogens with two attached hydrogens (primary N) is 1. The van der Waals surface area contributed by atoms with E-state index in [1.54, 1.807) is 21.9 Å². The third kappa shape index (κ3) is 3.93. The van der Waals surface area contributed by atoms with Gasteiger partial charge in [0.25, 0.3) is 5.91 Å². The van der Waals surface area contributed by atoms with Crippen molar-refractivity contribution in [1.82, 2.24) is 10.2 Å². The van der Waals surface area contributed by atoms with Gasteiger partial charge in [-0.3, -0.25) is 9.69 Å². The molecular weight excluding hydrogens is 344 g/mol. The Labute approximate surface area is 147 Å². The van der Waals surface area contributed by atoms with E-state index >= 15 is 0 Å². The quantitative estimate of drug-likeness (QED) is 0.796. The summed E-state index contributed by atoms with van der Waals surface area (Å²) in [5, 5.41) is 7.84. The molecule has 2 aliphatic heterocycles. The molecule has 136 valence electrons. The molecule has 1 aromatic rings. The van der Waals surface area contributed by atoms with Gasteiger partial charge in [-0.15, -0.1) is 0 Å². The average Bonchev–Trinajstić information content (AvgIpc) is 3.14. The molecule has 1 aromatic carbocycles. The van der Waals surface area contributed by atoms with Crippen LogP contribution in [0.15, 0.2) is 18.2 Å². The summed E-state index contributed by atoms with van der Waals surface area (Å²) < 4.78 is 22.4. The Morgan fingerprint density at radius 1 is 1.36 bits per heavy atom. The van der Waals surface area contributed by atoms with Crippen molar-refractivity contribution in [1.29, 1.82) is 0 Å². The number of sulfonamides is 1. The summed E-state index contributed by atoms with van der Waals surface area (Å²) in [4.78, 5) is 27.9. The lowest BCUT2D eigenvalue weighted by molar-refractivity contribution is 0.0788. The Balaban J connectivity index is 1.76. The highest BCUT2D eigenvalue weighted by atomic mass is 32.2. The Hall–Kier alpha value is -2.13. The Kier molecular flexibility index (Phi) is 4.70. The molecule has 25 heavy (non-hydrogen) atoms. The molecule has 0 aliphatic carbocycles. The number of carbonyl (C=O) groups excluding carboxylic acids is 2. The number of hydrogen-bond donors (Lipinski definition) is 2. The summed E-state index contributed by atoms with van der Waals surface area (Å²) in [7, 11) is -3.54. The lowest BCUT2D eigenvalue weighted by Crippen LogP contribution is -2.31. The molecule has 0 unspecified atom stereocenters. The first-order valence-electron chi connectivity index (χ1n) is 8.20. The van der Waals surface area contributed by atoms with Crippen molar-refractivity contribution in [2.24, 2.45) is 11.1 Å². The molecule has 2 fully saturated rings. The minimum atomic E-state index is -3.54. The molecule has 0 saturated carbocycles. The number of rotatable bonds is 4. The van der Waals surface area contributed by atoms with E-state index in [9.17, 15) is 18.0 Å². The number of nitrogens with one attached hydrogen (secondary N) is 1. The van der Waals surface area contributed by atoms with Crippen LogP contribution in [0.3, 0.4) is 0 Å². The maximum atomic E-state index is 12.7. The number of aryl methyl sites for hydroxylation is 1. The molecule has 8 nitrogen and oxygen atoms in total. The number of carbonyl (C=O) groups is 2. The highest BCUT2D eigenvalue weighted by Gasteiger charge is 2.30. The van der Waals surface area contributed by atoms with Gasteiger partial charge in [0.15, 0.2) is 0 Å². The van der Waals surface area contributed by atoms with Crippen LogP contribution in [-0.4, -0.2) is 57.2 Å². The molecule has 0 spiro atoms. The Bertz CT molecular complexity index is 808. The monoisotopic (exact) mass is 366 g/mol. The first-order valence-corrected chi connectivity index (χ1v) is 9.92. The third-order valence-electron chi connectivity index (χ3n) is 4.64. The van der Waals surface area contributed by atoms with Gasteiger partial charge < -0.3 is 10.2 Å². The molecule has 3 amide bonds. The van der Waals surface area contributed by atoms with Crippen LogP contribution < -0.4 is 15.4 Å². The number of benzene rings is 1. The van der Waals surface area contributed by atoms with Crippen LogP contribution in [0.4, 0.5) is 10.5 Å². The first kappa shape index (κ1) is 17.7. The predicted molar refractivity (Wildman–Crippen MR) is 93.9 cm³/mol. The topological polar surface area (TPSA) is 113 Å². The fourth-order valence-electron chi connectivity index (χ4n) is 3.40. The van der Waals surface area contributed by atoms with Gasteiger partial charge in [0.2, 0.25) is 10.0 Å². The summed E-state index contributed by atoms with van der Waals surface area (Å²) in [5.41, 5.74) is 2.14. The van der Waals surface area contributed by atoms with E-state index in [2.05, 4.69) is 5.32 Å². The standard InChI is InChI=1S/C16H22N4O4S/c1-11-2-3-13(8-14(11)20-7-5-18-16(20)22)15(21)19-6-4-12(9-19)10-25(17,23)24/h2-3,8,12H,4-7,9-10H2,1H3,(H,18,22)(H2,17,23,24)/t12-/m1/s1. The highest BCUT2D eigenvalue weighted by Crippen LogP contribution is 2.26. The van der Waals surface area contributed by atoms with Crippen LogP contribution >= 0.6 is 0 Å². The van der Waals surface area contributed by atoms with Gasteiger partial charge in [0, 0.05) is 37.4 Å². The SMILES string of the molecule is Cc1ccc(C(=O)N2CC[C@@H](CS(N)(=O)=O)C2)cc1N1CCNC1=O. The first-order chi connectivity index (χ1) is 11.7. The zero-order chi connectivity index (χ0) is 18.2. The summed E-state index contributed by atoms with van der Waals surface area (Å²) in [5.74, 6) is -0.393. The second kappa shape index (κ2) is 6.64. The number of urea groups is 1. The van der Waals surface area contributed by atoms with Crippen molar-refractivity contribution in [3.8, 4) is 0 Å². The van der Waals surface area contributed by atoms with Gasteiger partial charge in [-0.1, -0.05) is 6.07 Å². The number of likely N-dealkylation sites (tertiary alicyclic amines) is 1. The van der Waals surface area contributed by atoms with Gasteiger partial charge in [0.1, 0.15) is 0 Å².